The Bertz CT molecular complexity index is 870. The average Bonchev–Trinajstić information content (AvgIpc) is 3.25. The first-order valence-electron chi connectivity index (χ1n) is 8.48. The van der Waals surface area contributed by atoms with Gasteiger partial charge in [0.2, 0.25) is 0 Å². The van der Waals surface area contributed by atoms with Crippen LogP contribution in [0.4, 0.5) is 10.5 Å². The van der Waals surface area contributed by atoms with Crippen molar-refractivity contribution in [2.45, 2.75) is 25.2 Å². The van der Waals surface area contributed by atoms with Crippen LogP contribution in [0, 0.1) is 10.1 Å². The number of nitro benzene ring substituents is 1. The monoisotopic (exact) mass is 405 g/mol. The lowest BCUT2D eigenvalue weighted by Crippen LogP contribution is -2.42. The average molecular weight is 405 g/mol. The van der Waals surface area contributed by atoms with Crippen LogP contribution in [0.3, 0.4) is 0 Å². The lowest BCUT2D eigenvalue weighted by Gasteiger charge is -2.23. The highest BCUT2D eigenvalue weighted by Crippen LogP contribution is 2.30. The summed E-state index contributed by atoms with van der Waals surface area (Å²) in [7, 11) is 0. The van der Waals surface area contributed by atoms with Gasteiger partial charge in [0.15, 0.2) is 0 Å². The minimum Gasteiger partial charge on any atom is -0.389 e. The molecular weight excluding hydrogens is 386 g/mol. The quantitative estimate of drug-likeness (QED) is 0.393. The fraction of sp³-hybridized carbons (Fsp3) is 0.333. The van der Waals surface area contributed by atoms with Gasteiger partial charge in [0, 0.05) is 17.0 Å². The highest BCUT2D eigenvalue weighted by molar-refractivity contribution is 7.09. The number of nitrogens with zero attached hydrogens (tertiary/aromatic N) is 2. The van der Waals surface area contributed by atoms with Gasteiger partial charge in [-0.15, -0.1) is 11.3 Å². The van der Waals surface area contributed by atoms with E-state index in [1.165, 1.54) is 42.5 Å². The maximum atomic E-state index is 12.8. The molecule has 2 atom stereocenters. The molecule has 10 heteroatoms. The Morgan fingerprint density at radius 1 is 1.32 bits per heavy atom. The molecule has 9 nitrogen and oxygen atoms in total. The first-order chi connectivity index (χ1) is 13.3. The molecule has 2 aromatic rings. The summed E-state index contributed by atoms with van der Waals surface area (Å²) in [6.07, 6.45) is -1.03. The van der Waals surface area contributed by atoms with E-state index in [4.69, 9.17) is 4.74 Å². The topological polar surface area (TPSA) is 122 Å². The van der Waals surface area contributed by atoms with Gasteiger partial charge in [-0.2, -0.15) is 0 Å². The van der Waals surface area contributed by atoms with E-state index in [-0.39, 0.29) is 18.8 Å². The molecule has 1 aromatic heterocycles. The van der Waals surface area contributed by atoms with Crippen LogP contribution in [-0.2, 0) is 21.7 Å². The number of hydrogen-bond donors (Lipinski definition) is 2. The van der Waals surface area contributed by atoms with Crippen LogP contribution in [0.1, 0.15) is 17.4 Å². The van der Waals surface area contributed by atoms with Crippen molar-refractivity contribution in [3.05, 3.63) is 62.3 Å². The van der Waals surface area contributed by atoms with Crippen molar-refractivity contribution in [1.29, 1.82) is 0 Å². The number of urea groups is 1. The van der Waals surface area contributed by atoms with Crippen molar-refractivity contribution >= 4 is 29.0 Å². The lowest BCUT2D eigenvalue weighted by atomic mass is 9.92. The Morgan fingerprint density at radius 2 is 2.04 bits per heavy atom. The highest BCUT2D eigenvalue weighted by Gasteiger charge is 2.49. The summed E-state index contributed by atoms with van der Waals surface area (Å²) in [6, 6.07) is 8.58. The lowest BCUT2D eigenvalue weighted by molar-refractivity contribution is -0.384. The van der Waals surface area contributed by atoms with Crippen LogP contribution < -0.4 is 5.32 Å². The molecular formula is C18H19N3O6S. The number of benzene rings is 1. The van der Waals surface area contributed by atoms with E-state index >= 15 is 0 Å². The minimum absolute atomic E-state index is 0.0246. The first-order valence-corrected chi connectivity index (χ1v) is 9.36. The Hall–Kier alpha value is -2.82. The number of carbonyl (C=O) groups is 2. The minimum atomic E-state index is -1.36. The molecule has 2 N–H and O–H groups in total. The largest absolute Gasteiger partial charge is 0.389 e. The number of aliphatic hydroxyl groups excluding tert-OH is 1. The number of imide groups is 1. The van der Waals surface area contributed by atoms with Crippen molar-refractivity contribution in [2.75, 3.05) is 13.2 Å². The number of ether oxygens (including phenoxy) is 1. The number of β-amino-alcohol motifs (C(OH)–C–C–N with tert-alkyl or cyclic N) is 1. The van der Waals surface area contributed by atoms with Gasteiger partial charge < -0.3 is 15.2 Å². The van der Waals surface area contributed by atoms with Crippen LogP contribution >= 0.6 is 11.3 Å². The van der Waals surface area contributed by atoms with Gasteiger partial charge in [0.05, 0.1) is 30.8 Å². The number of nitro groups is 1. The molecule has 0 aliphatic carbocycles. The summed E-state index contributed by atoms with van der Waals surface area (Å²) in [5.74, 6) is -0.538. The summed E-state index contributed by atoms with van der Waals surface area (Å²) in [6.45, 7) is 1.63. The van der Waals surface area contributed by atoms with Gasteiger partial charge in [-0.05, 0) is 36.1 Å². The van der Waals surface area contributed by atoms with Crippen LogP contribution in [0.5, 0.6) is 0 Å². The number of nitrogens with one attached hydrogen (secondary N) is 1. The van der Waals surface area contributed by atoms with Gasteiger partial charge in [-0.1, -0.05) is 6.07 Å². The Balaban J connectivity index is 1.62. The zero-order valence-electron chi connectivity index (χ0n) is 15.0. The zero-order valence-corrected chi connectivity index (χ0v) is 15.8. The second-order valence-electron chi connectivity index (χ2n) is 6.52. The van der Waals surface area contributed by atoms with E-state index in [1.54, 1.807) is 0 Å². The van der Waals surface area contributed by atoms with Crippen molar-refractivity contribution in [3.63, 3.8) is 0 Å². The molecule has 28 heavy (non-hydrogen) atoms. The van der Waals surface area contributed by atoms with Crippen molar-refractivity contribution < 1.29 is 24.4 Å². The molecule has 1 aliphatic rings. The van der Waals surface area contributed by atoms with Gasteiger partial charge in [-0.3, -0.25) is 19.8 Å². The van der Waals surface area contributed by atoms with E-state index in [0.717, 1.165) is 9.78 Å². The highest BCUT2D eigenvalue weighted by atomic mass is 32.1. The molecule has 1 fully saturated rings. The smallest absolute Gasteiger partial charge is 0.325 e. The fourth-order valence-electron chi connectivity index (χ4n) is 2.93. The zero-order chi connectivity index (χ0) is 20.3. The summed E-state index contributed by atoms with van der Waals surface area (Å²) in [5.41, 5.74) is -1.05. The normalized spacial score (nSPS) is 20.3. The van der Waals surface area contributed by atoms with Crippen molar-refractivity contribution in [3.8, 4) is 0 Å². The molecule has 0 unspecified atom stereocenters. The van der Waals surface area contributed by atoms with E-state index in [2.05, 4.69) is 5.32 Å². The molecule has 1 aromatic carbocycles. The third kappa shape index (κ3) is 4.03. The van der Waals surface area contributed by atoms with Crippen LogP contribution in [0.2, 0.25) is 0 Å². The summed E-state index contributed by atoms with van der Waals surface area (Å²) in [5, 5.41) is 25.4. The van der Waals surface area contributed by atoms with E-state index in [1.807, 2.05) is 17.5 Å². The van der Waals surface area contributed by atoms with E-state index < -0.39 is 28.5 Å². The number of aliphatic hydroxyl groups is 1. The number of non-ortho nitro benzene ring substituents is 1. The Labute approximate surface area is 164 Å². The second-order valence-corrected chi connectivity index (χ2v) is 7.56. The number of amides is 3. The maximum absolute atomic E-state index is 12.8. The Morgan fingerprint density at radius 3 is 2.64 bits per heavy atom. The first kappa shape index (κ1) is 19.9. The number of carbonyl (C=O) groups excluding carboxylic acids is 2. The van der Waals surface area contributed by atoms with Crippen molar-refractivity contribution in [2.24, 2.45) is 0 Å². The molecule has 1 aliphatic heterocycles. The molecule has 1 saturated heterocycles. The third-order valence-corrected chi connectivity index (χ3v) is 5.31. The van der Waals surface area contributed by atoms with E-state index in [9.17, 15) is 24.8 Å². The molecule has 0 spiro atoms. The van der Waals surface area contributed by atoms with Gasteiger partial charge in [0.1, 0.15) is 5.54 Å². The van der Waals surface area contributed by atoms with E-state index in [0.29, 0.717) is 12.2 Å². The summed E-state index contributed by atoms with van der Waals surface area (Å²) in [4.78, 5) is 37.3. The second kappa shape index (κ2) is 8.05. The fourth-order valence-corrected chi connectivity index (χ4v) is 3.57. The molecule has 0 saturated carbocycles. The summed E-state index contributed by atoms with van der Waals surface area (Å²) >= 11 is 1.53. The molecule has 0 bridgehead atoms. The van der Waals surface area contributed by atoms with Gasteiger partial charge in [0.25, 0.3) is 11.6 Å². The molecule has 0 radical (unpaired) electrons. The number of thiophene rings is 1. The molecule has 3 rings (SSSR count). The third-order valence-electron chi connectivity index (χ3n) is 4.46. The summed E-state index contributed by atoms with van der Waals surface area (Å²) < 4.78 is 5.42. The molecule has 3 amide bonds. The predicted octanol–water partition coefficient (Wildman–Crippen LogP) is 2.00. The van der Waals surface area contributed by atoms with Gasteiger partial charge >= 0.3 is 6.03 Å². The molecule has 2 heterocycles. The number of rotatable bonds is 8. The van der Waals surface area contributed by atoms with Crippen LogP contribution in [-0.4, -0.2) is 46.1 Å². The Kier molecular flexibility index (Phi) is 5.73. The molecule has 148 valence electrons. The standard InChI is InChI=1S/C18H19N3O6S/c1-18(12-4-6-13(7-5-12)21(25)26)16(23)20(17(24)19-18)9-14(22)10-27-11-15-3-2-8-28-15/h2-8,14,22H,9-11H2,1H3,(H,19,24)/t14-,18+/m0/s1. The maximum Gasteiger partial charge on any atom is 0.325 e. The van der Waals surface area contributed by atoms with Gasteiger partial charge in [-0.25, -0.2) is 4.79 Å². The van der Waals surface area contributed by atoms with Crippen LogP contribution in [0.25, 0.3) is 0 Å². The predicted molar refractivity (Wildman–Crippen MR) is 101 cm³/mol. The number of hydrogen-bond acceptors (Lipinski definition) is 7. The van der Waals surface area contributed by atoms with Crippen LogP contribution in [0.15, 0.2) is 41.8 Å². The SMILES string of the molecule is C[C@]1(c2ccc([N+](=O)[O-])cc2)NC(=O)N(C[C@H](O)COCc2cccs2)C1=O. The van der Waals surface area contributed by atoms with Crippen molar-refractivity contribution in [1.82, 2.24) is 10.2 Å².